The molecule has 576 valence electrons. The highest BCUT2D eigenvalue weighted by molar-refractivity contribution is 7.99. The Morgan fingerprint density at radius 2 is 1.44 bits per heavy atom. The van der Waals surface area contributed by atoms with Gasteiger partial charge in [-0.15, -0.1) is 6.58 Å². The van der Waals surface area contributed by atoms with Gasteiger partial charge in [-0.05, 0) is 199 Å². The van der Waals surface area contributed by atoms with Crippen LogP contribution in [0.15, 0.2) is 160 Å². The molecule has 15 rings (SSSR count). The van der Waals surface area contributed by atoms with Crippen molar-refractivity contribution in [3.63, 3.8) is 0 Å². The van der Waals surface area contributed by atoms with E-state index in [1.54, 1.807) is 44.8 Å². The largest absolute Gasteiger partial charge is 0.508 e. The first kappa shape index (κ1) is 80.9. The first-order chi connectivity index (χ1) is 51.4. The van der Waals surface area contributed by atoms with E-state index < -0.39 is 52.3 Å². The zero-order chi connectivity index (χ0) is 78.4. The Hall–Kier alpha value is -9.59. The number of likely N-dealkylation sites (N-methyl/N-ethyl adjacent to an activating group) is 1. The molecular formula is C84H106N10O13S. The van der Waals surface area contributed by atoms with Gasteiger partial charge in [0, 0.05) is 74.6 Å². The summed E-state index contributed by atoms with van der Waals surface area (Å²) in [4.78, 5) is 97.7. The predicted molar refractivity (Wildman–Crippen MR) is 422 cm³/mol. The number of likely N-dealkylation sites (tertiary alicyclic amines) is 1. The van der Waals surface area contributed by atoms with Crippen LogP contribution in [0.2, 0.25) is 0 Å². The number of methoxy groups -OCH3 is 1. The molecule has 6 aromatic carbocycles. The fourth-order valence-electron chi connectivity index (χ4n) is 16.3. The molecule has 7 aliphatic rings. The van der Waals surface area contributed by atoms with Crippen molar-refractivity contribution < 1.29 is 53.9 Å². The third-order valence-electron chi connectivity index (χ3n) is 22.9. The molecule has 8 aromatic rings. The number of imide groups is 2. The highest BCUT2D eigenvalue weighted by atomic mass is 32.2. The summed E-state index contributed by atoms with van der Waals surface area (Å²) in [7, 11) is 14.9. The number of carbonyl (C=O) groups is 5. The number of amides is 4. The van der Waals surface area contributed by atoms with Crippen LogP contribution >= 0.6 is 11.8 Å². The molecule has 4 aliphatic heterocycles. The van der Waals surface area contributed by atoms with E-state index in [4.69, 9.17) is 14.6 Å². The van der Waals surface area contributed by atoms with Crippen LogP contribution in [-0.4, -0.2) is 169 Å². The fraction of sp³-hybridized carbons (Fsp3) is 0.452. The van der Waals surface area contributed by atoms with E-state index in [0.717, 1.165) is 89.1 Å². The number of hydrogen-bond acceptors (Lipinski definition) is 18. The number of aromatic hydroxyl groups is 2. The molecule has 6 heterocycles. The number of aliphatic carboxylic acids is 1. The number of aryl methyl sites for hydroxylation is 2. The summed E-state index contributed by atoms with van der Waals surface area (Å²) in [6, 6.07) is 39.9. The number of carbonyl (C=O) groups excluding carboxylic acids is 4. The van der Waals surface area contributed by atoms with Gasteiger partial charge in [-0.3, -0.25) is 48.6 Å². The van der Waals surface area contributed by atoms with Crippen molar-refractivity contribution in [2.75, 3.05) is 66.4 Å². The first-order valence-electron chi connectivity index (χ1n) is 37.3. The second-order valence-electron chi connectivity index (χ2n) is 30.3. The van der Waals surface area contributed by atoms with Crippen LogP contribution in [0.5, 0.6) is 23.0 Å². The molecule has 3 aliphatic carbocycles. The van der Waals surface area contributed by atoms with Crippen molar-refractivity contribution in [1.82, 2.24) is 44.0 Å². The number of fused-ring (bicyclic) bond motifs is 4. The van der Waals surface area contributed by atoms with Crippen LogP contribution < -0.4 is 36.3 Å². The topological polar surface area (TPSA) is 284 Å². The lowest BCUT2D eigenvalue weighted by atomic mass is 9.49. The minimum absolute atomic E-state index is 0.0454. The van der Waals surface area contributed by atoms with Gasteiger partial charge in [0.25, 0.3) is 5.56 Å². The van der Waals surface area contributed by atoms with Gasteiger partial charge in [0.15, 0.2) is 34.6 Å². The summed E-state index contributed by atoms with van der Waals surface area (Å²) < 4.78 is 15.2. The summed E-state index contributed by atoms with van der Waals surface area (Å²) in [6.45, 7) is 19.7. The number of carboxylic acid groups (broad SMARTS) is 1. The van der Waals surface area contributed by atoms with E-state index >= 15 is 0 Å². The maximum atomic E-state index is 12.7. The van der Waals surface area contributed by atoms with E-state index in [1.165, 1.54) is 63.6 Å². The molecule has 9 atom stereocenters. The molecule has 0 radical (unpaired) electrons. The lowest BCUT2D eigenvalue weighted by Crippen LogP contribution is -2.76. The van der Waals surface area contributed by atoms with Crippen molar-refractivity contribution in [3.05, 3.63) is 183 Å². The van der Waals surface area contributed by atoms with Gasteiger partial charge >= 0.3 is 17.7 Å². The number of phenolic OH excluding ortho intramolecular Hbond substituents is 2. The molecule has 23 nitrogen and oxygen atoms in total. The lowest BCUT2D eigenvalue weighted by molar-refractivity contribution is -0.188. The maximum Gasteiger partial charge on any atom is 0.332 e. The number of phenols is 2. The number of rotatable bonds is 17. The van der Waals surface area contributed by atoms with Gasteiger partial charge < -0.3 is 49.2 Å². The molecule has 4 amide bonds. The molecular weight excluding hydrogens is 1390 g/mol. The molecule has 1 spiro atoms. The van der Waals surface area contributed by atoms with Gasteiger partial charge in [-0.1, -0.05) is 119 Å². The number of carboxylic acids is 1. The third-order valence-corrected chi connectivity index (χ3v) is 24.1. The second-order valence-corrected chi connectivity index (χ2v) is 31.4. The number of ether oxygens (including phenoxy) is 2. The number of nitrogens with zero attached hydrogens (tertiary/aromatic N) is 8. The van der Waals surface area contributed by atoms with E-state index in [2.05, 4.69) is 145 Å². The van der Waals surface area contributed by atoms with Crippen molar-refractivity contribution in [1.29, 1.82) is 0 Å². The number of Topliss-reactive ketones (excluding diaryl/α,β-unsaturated/α-hetero) is 1. The number of imidazole rings is 1. The molecule has 2 saturated carbocycles. The van der Waals surface area contributed by atoms with Gasteiger partial charge in [0.2, 0.25) is 11.8 Å². The van der Waals surface area contributed by atoms with Gasteiger partial charge in [-0.25, -0.2) is 14.6 Å². The summed E-state index contributed by atoms with van der Waals surface area (Å²) in [6.07, 6.45) is 9.38. The van der Waals surface area contributed by atoms with Gasteiger partial charge in [0.05, 0.1) is 41.7 Å². The van der Waals surface area contributed by atoms with Crippen LogP contribution in [-0.2, 0) is 52.2 Å². The number of benzene rings is 6. The van der Waals surface area contributed by atoms with Crippen LogP contribution in [0.1, 0.15) is 127 Å². The van der Waals surface area contributed by atoms with Crippen LogP contribution in [0.3, 0.4) is 0 Å². The third kappa shape index (κ3) is 16.2. The van der Waals surface area contributed by atoms with E-state index in [9.17, 15) is 48.9 Å². The molecule has 4 fully saturated rings. The molecule has 2 bridgehead atoms. The Morgan fingerprint density at radius 3 is 2.04 bits per heavy atom. The smallest absolute Gasteiger partial charge is 0.332 e. The summed E-state index contributed by atoms with van der Waals surface area (Å²) in [5, 5.41) is 47.1. The van der Waals surface area contributed by atoms with E-state index in [1.807, 2.05) is 80.2 Å². The Morgan fingerprint density at radius 1 is 0.796 bits per heavy atom. The number of aliphatic hydroxyl groups is 1. The van der Waals surface area contributed by atoms with Crippen LogP contribution in [0, 0.1) is 23.2 Å². The Kier molecular flexibility index (Phi) is 25.4. The maximum absolute atomic E-state index is 12.7. The number of ketones is 1. The van der Waals surface area contributed by atoms with Gasteiger partial charge in [0.1, 0.15) is 16.9 Å². The van der Waals surface area contributed by atoms with Gasteiger partial charge in [-0.2, -0.15) is 0 Å². The van der Waals surface area contributed by atoms with Crippen molar-refractivity contribution >= 4 is 74.7 Å². The second kappa shape index (κ2) is 33.9. The number of allylic oxidation sites excluding steroid dienone is 1. The summed E-state index contributed by atoms with van der Waals surface area (Å²) >= 11 is 1.87. The van der Waals surface area contributed by atoms with Crippen LogP contribution in [0.25, 0.3) is 21.9 Å². The zero-order valence-corrected chi connectivity index (χ0v) is 65.5. The number of anilines is 2. The fourth-order valence-corrected chi connectivity index (χ4v) is 17.4. The molecule has 2 unspecified atom stereocenters. The highest BCUT2D eigenvalue weighted by Gasteiger charge is 2.73. The molecule has 108 heavy (non-hydrogen) atoms. The lowest BCUT2D eigenvalue weighted by Gasteiger charge is -2.62. The zero-order valence-electron chi connectivity index (χ0n) is 64.7. The Bertz CT molecular complexity index is 4710. The predicted octanol–water partition coefficient (Wildman–Crippen LogP) is 11.8. The average Bonchev–Trinajstić information content (AvgIpc) is 1.45. The average molecular weight is 1500 g/mol. The van der Waals surface area contributed by atoms with E-state index in [0.29, 0.717) is 59.8 Å². The minimum Gasteiger partial charge on any atom is -0.508 e. The normalized spacial score (nSPS) is 21.1. The monoisotopic (exact) mass is 1490 g/mol. The van der Waals surface area contributed by atoms with Crippen molar-refractivity contribution in [3.8, 4) is 23.0 Å². The molecule has 2 aromatic heterocycles. The molecule has 2 saturated heterocycles. The standard InChI is InChI=1S/C20H23NO4.C17H20N2S.C14H23NO.C14H14O3.C11H16N2O3.C8H10N4O2/c22-13-4-3-12-9-15-20(24)6-5-14(23)18-19(20,16(12)17(13)25-18)7-8-21(15)10-11-1-2-11;1-13(18(2)3)12-19-14-8-4-6-10-16(14)20-17-11-7-5-9-15(17)19;1-5-14(11(2)10-15(3)4)12-7-6-8-13(16)9-12;1-9(14(15)16)10-3-4-12-8-13(17-2)6-5-11(12)7-10;1-4-6-11(7(3)5-2)8(14)12-10(16)13-9(11)15;1-10-4-9-6-5(10)7(13)12(3)8(14)11(6)2/h3-4,11,15,18,22,24H,1-2,5-10H2;4-11,13H,12H2,1-3H3;6-9,11,14,16H,5,10H2,1-4H3;3-9H,1-2H3,(H,15,16);4,7H,1,5-6H2,2-3H3,(H2,12,13,14,15,16);4H,1-3H3/t15-,18+,19+,20-;;11-,14+;9-;;/m1.00../s1. The first-order valence-corrected chi connectivity index (χ1v) is 38.1. The minimum atomic E-state index is -1.20. The Balaban J connectivity index is 0.000000140. The number of nitrogens with one attached hydrogen (secondary N) is 2. The number of aromatic nitrogens is 4. The Labute approximate surface area is 636 Å². The summed E-state index contributed by atoms with van der Waals surface area (Å²) in [5.41, 5.74) is 4.14. The number of barbiturate groups is 1. The molecule has 6 N–H and O–H groups in total. The van der Waals surface area contributed by atoms with Crippen LogP contribution in [0.4, 0.5) is 16.2 Å². The quantitative estimate of drug-likeness (QED) is 0.0365. The van der Waals surface area contributed by atoms with Crippen molar-refractivity contribution in [2.45, 2.75) is 150 Å². The van der Waals surface area contributed by atoms with Crippen molar-refractivity contribution in [2.24, 2.45) is 44.3 Å². The van der Waals surface area contributed by atoms with E-state index in [-0.39, 0.29) is 41.2 Å². The number of piperidine rings is 1. The molecule has 24 heteroatoms. The highest BCUT2D eigenvalue weighted by Crippen LogP contribution is 2.65. The SMILES string of the molecule is C=CCC1(C(C)CC)C(=O)NC(=O)NC1=O.CC(CN1c2ccccc2Sc2ccccc21)N(C)C.CC[C@@H](c1cccc(O)c1)[C@@H](C)CN(C)C.COc1ccc2cc([C@H](C)C(=O)O)ccc2c1.Cn1c(=O)c2c(ncn2C)n(C)c1=O.O=C1CC[C@@]2(O)[C@H]3Cc4ccc(O)c5c4[C@@]2(CCN3CC2CC2)[C@H]1O5. The number of urea groups is 1. The number of hydrogen-bond donors (Lipinski definition) is 6. The summed E-state index contributed by atoms with van der Waals surface area (Å²) in [5.74, 6) is 1.17. The number of para-hydroxylation sites is 2.